The first-order valence-corrected chi connectivity index (χ1v) is 6.63. The summed E-state index contributed by atoms with van der Waals surface area (Å²) >= 11 is 0. The summed E-state index contributed by atoms with van der Waals surface area (Å²) in [5.74, 6) is -0.471. The van der Waals surface area contributed by atoms with Gasteiger partial charge in [-0.05, 0) is 17.2 Å². The molecular weight excluding hydrogens is 271 g/mol. The lowest BCUT2D eigenvalue weighted by atomic mass is 10.1. The second kappa shape index (κ2) is 7.40. The fourth-order valence-corrected chi connectivity index (χ4v) is 1.85. The van der Waals surface area contributed by atoms with Crippen molar-refractivity contribution in [2.75, 3.05) is 0 Å². The number of nitrogens with one attached hydrogen (secondary N) is 2. The van der Waals surface area contributed by atoms with Crippen molar-refractivity contribution in [1.82, 2.24) is 10.6 Å². The van der Waals surface area contributed by atoms with Crippen LogP contribution in [0.15, 0.2) is 48.5 Å². The zero-order valence-electron chi connectivity index (χ0n) is 11.5. The standard InChI is InChI=1S/C16H17FN2O2/c17-15-8-13(6-7-14(15)11-20)10-19-16(21)18-9-12-4-2-1-3-5-12/h1-8,20H,9-11H2,(H2,18,19,21). The molecule has 4 nitrogen and oxygen atoms in total. The van der Waals surface area contributed by atoms with Gasteiger partial charge in [0.15, 0.2) is 0 Å². The van der Waals surface area contributed by atoms with Crippen LogP contribution in [0.1, 0.15) is 16.7 Å². The van der Waals surface area contributed by atoms with Gasteiger partial charge in [0.05, 0.1) is 6.61 Å². The fourth-order valence-electron chi connectivity index (χ4n) is 1.85. The molecule has 0 aliphatic carbocycles. The Bertz CT molecular complexity index is 602. The number of urea groups is 1. The number of rotatable bonds is 5. The molecule has 0 unspecified atom stereocenters. The minimum absolute atomic E-state index is 0.225. The van der Waals surface area contributed by atoms with E-state index in [1.807, 2.05) is 30.3 Å². The highest BCUT2D eigenvalue weighted by Crippen LogP contribution is 2.10. The van der Waals surface area contributed by atoms with Crippen molar-refractivity contribution in [3.8, 4) is 0 Å². The van der Waals surface area contributed by atoms with Crippen molar-refractivity contribution in [2.24, 2.45) is 0 Å². The molecule has 0 aromatic heterocycles. The van der Waals surface area contributed by atoms with E-state index in [0.717, 1.165) is 5.56 Å². The minimum Gasteiger partial charge on any atom is -0.392 e. The average molecular weight is 288 g/mol. The van der Waals surface area contributed by atoms with Crippen LogP contribution in [-0.4, -0.2) is 11.1 Å². The van der Waals surface area contributed by atoms with E-state index in [-0.39, 0.29) is 24.7 Å². The first-order chi connectivity index (χ1) is 10.2. The van der Waals surface area contributed by atoms with Crippen LogP contribution in [0.5, 0.6) is 0 Å². The van der Waals surface area contributed by atoms with E-state index in [0.29, 0.717) is 12.1 Å². The number of aliphatic hydroxyl groups excluding tert-OH is 1. The van der Waals surface area contributed by atoms with Gasteiger partial charge in [-0.2, -0.15) is 0 Å². The highest BCUT2D eigenvalue weighted by Gasteiger charge is 2.04. The van der Waals surface area contributed by atoms with Crippen LogP contribution in [0.25, 0.3) is 0 Å². The van der Waals surface area contributed by atoms with Gasteiger partial charge in [-0.15, -0.1) is 0 Å². The molecule has 0 aliphatic heterocycles. The predicted molar refractivity (Wildman–Crippen MR) is 77.8 cm³/mol. The Morgan fingerprint density at radius 3 is 2.29 bits per heavy atom. The van der Waals surface area contributed by atoms with Crippen LogP contribution in [0.4, 0.5) is 9.18 Å². The average Bonchev–Trinajstić information content (AvgIpc) is 2.52. The van der Waals surface area contributed by atoms with E-state index in [9.17, 15) is 9.18 Å². The molecule has 0 spiro atoms. The number of amides is 2. The highest BCUT2D eigenvalue weighted by atomic mass is 19.1. The Balaban J connectivity index is 1.80. The van der Waals surface area contributed by atoms with Gasteiger partial charge in [0.1, 0.15) is 5.82 Å². The highest BCUT2D eigenvalue weighted by molar-refractivity contribution is 5.73. The molecule has 110 valence electrons. The predicted octanol–water partition coefficient (Wildman–Crippen LogP) is 2.32. The Hall–Kier alpha value is -2.40. The van der Waals surface area contributed by atoms with Crippen LogP contribution in [0, 0.1) is 5.82 Å². The Morgan fingerprint density at radius 1 is 1.00 bits per heavy atom. The van der Waals surface area contributed by atoms with E-state index < -0.39 is 5.82 Å². The molecule has 3 N–H and O–H groups in total. The number of hydrogen-bond donors (Lipinski definition) is 3. The number of carbonyl (C=O) groups excluding carboxylic acids is 1. The van der Waals surface area contributed by atoms with E-state index in [4.69, 9.17) is 5.11 Å². The van der Waals surface area contributed by atoms with Crippen molar-refractivity contribution in [3.63, 3.8) is 0 Å². The van der Waals surface area contributed by atoms with E-state index in [1.54, 1.807) is 6.07 Å². The van der Waals surface area contributed by atoms with Crippen molar-refractivity contribution in [3.05, 3.63) is 71.0 Å². The summed E-state index contributed by atoms with van der Waals surface area (Å²) in [4.78, 5) is 11.6. The zero-order valence-corrected chi connectivity index (χ0v) is 11.5. The molecule has 0 saturated heterocycles. The molecule has 2 aromatic rings. The van der Waals surface area contributed by atoms with Gasteiger partial charge in [-0.25, -0.2) is 9.18 Å². The maximum Gasteiger partial charge on any atom is 0.315 e. The van der Waals surface area contributed by atoms with Crippen LogP contribution < -0.4 is 10.6 Å². The minimum atomic E-state index is -0.471. The summed E-state index contributed by atoms with van der Waals surface area (Å²) in [6, 6.07) is 13.7. The van der Waals surface area contributed by atoms with Gasteiger partial charge < -0.3 is 15.7 Å². The summed E-state index contributed by atoms with van der Waals surface area (Å²) in [6.07, 6.45) is 0. The van der Waals surface area contributed by atoms with Gasteiger partial charge >= 0.3 is 6.03 Å². The van der Waals surface area contributed by atoms with Gasteiger partial charge in [0.2, 0.25) is 0 Å². The molecule has 2 aromatic carbocycles. The number of hydrogen-bond acceptors (Lipinski definition) is 2. The van der Waals surface area contributed by atoms with Crippen molar-refractivity contribution < 1.29 is 14.3 Å². The van der Waals surface area contributed by atoms with Gasteiger partial charge in [-0.3, -0.25) is 0 Å². The molecule has 0 bridgehead atoms. The van der Waals surface area contributed by atoms with Crippen molar-refractivity contribution in [2.45, 2.75) is 19.7 Å². The lowest BCUT2D eigenvalue weighted by Gasteiger charge is -2.08. The normalized spacial score (nSPS) is 10.2. The van der Waals surface area contributed by atoms with Crippen LogP contribution >= 0.6 is 0 Å². The molecule has 21 heavy (non-hydrogen) atoms. The molecule has 2 rings (SSSR count). The van der Waals surface area contributed by atoms with E-state index in [1.165, 1.54) is 12.1 Å². The van der Waals surface area contributed by atoms with Crippen LogP contribution in [0.3, 0.4) is 0 Å². The van der Waals surface area contributed by atoms with Gasteiger partial charge in [0.25, 0.3) is 0 Å². The first-order valence-electron chi connectivity index (χ1n) is 6.63. The Labute approximate surface area is 122 Å². The third-order valence-electron chi connectivity index (χ3n) is 3.04. The Kier molecular flexibility index (Phi) is 5.29. The van der Waals surface area contributed by atoms with Crippen LogP contribution in [0.2, 0.25) is 0 Å². The molecular formula is C16H17FN2O2. The third-order valence-corrected chi connectivity index (χ3v) is 3.04. The molecule has 0 heterocycles. The summed E-state index contributed by atoms with van der Waals surface area (Å²) in [7, 11) is 0. The molecule has 0 saturated carbocycles. The zero-order chi connectivity index (χ0) is 15.1. The number of carbonyl (C=O) groups is 1. The molecule has 0 atom stereocenters. The van der Waals surface area contributed by atoms with Crippen molar-refractivity contribution in [1.29, 1.82) is 0 Å². The molecule has 5 heteroatoms. The summed E-state index contributed by atoms with van der Waals surface area (Å²) in [5.41, 5.74) is 1.89. The number of aliphatic hydroxyl groups is 1. The van der Waals surface area contributed by atoms with Gasteiger partial charge in [0, 0.05) is 18.7 Å². The lowest BCUT2D eigenvalue weighted by molar-refractivity contribution is 0.240. The maximum atomic E-state index is 13.5. The third kappa shape index (κ3) is 4.57. The Morgan fingerprint density at radius 2 is 1.67 bits per heavy atom. The van der Waals surface area contributed by atoms with Gasteiger partial charge in [-0.1, -0.05) is 42.5 Å². The van der Waals surface area contributed by atoms with Crippen LogP contribution in [-0.2, 0) is 19.7 Å². The smallest absolute Gasteiger partial charge is 0.315 e. The van der Waals surface area contributed by atoms with E-state index >= 15 is 0 Å². The second-order valence-electron chi connectivity index (χ2n) is 4.61. The topological polar surface area (TPSA) is 61.4 Å². The van der Waals surface area contributed by atoms with E-state index in [2.05, 4.69) is 10.6 Å². The number of halogens is 1. The SMILES string of the molecule is O=C(NCc1ccccc1)NCc1ccc(CO)c(F)c1. The largest absolute Gasteiger partial charge is 0.392 e. The summed E-state index contributed by atoms with van der Waals surface area (Å²) in [6.45, 7) is 0.324. The summed E-state index contributed by atoms with van der Waals surface area (Å²) in [5, 5.41) is 14.3. The second-order valence-corrected chi connectivity index (χ2v) is 4.61. The fraction of sp³-hybridized carbons (Fsp3) is 0.188. The molecule has 0 fully saturated rings. The lowest BCUT2D eigenvalue weighted by Crippen LogP contribution is -2.34. The monoisotopic (exact) mass is 288 g/mol. The molecule has 2 amide bonds. The summed E-state index contributed by atoms with van der Waals surface area (Å²) < 4.78 is 13.5. The first kappa shape index (κ1) is 15.0. The quantitative estimate of drug-likeness (QED) is 0.790. The molecule has 0 radical (unpaired) electrons. The molecule has 0 aliphatic rings. The van der Waals surface area contributed by atoms with Crippen molar-refractivity contribution >= 4 is 6.03 Å². The number of benzene rings is 2. The maximum absolute atomic E-state index is 13.5.